The van der Waals surface area contributed by atoms with Gasteiger partial charge in [-0.2, -0.15) is 0 Å². The molecule has 0 amide bonds. The van der Waals surface area contributed by atoms with Crippen LogP contribution in [-0.4, -0.2) is 11.6 Å². The van der Waals surface area contributed by atoms with Gasteiger partial charge in [0, 0.05) is 33.4 Å². The molecule has 214 valence electrons. The molecule has 0 aromatic heterocycles. The average molecular weight is 575 g/mol. The fourth-order valence-electron chi connectivity index (χ4n) is 5.13. The van der Waals surface area contributed by atoms with Gasteiger partial charge >= 0.3 is 0 Å². The Hall–Kier alpha value is -5.74. The first kappa shape index (κ1) is 28.4. The average Bonchev–Trinajstić information content (AvgIpc) is 3.06. The van der Waals surface area contributed by atoms with Crippen LogP contribution < -0.4 is 9.47 Å². The largest absolute Gasteiger partial charge is 0.457 e. The standard InChI is InChI=1S/C40H30O4/c1-27-11-3-5-13-33(27)39(41)29-19-23-31(24-20-29)43-37-17-9-7-15-35(37)36-16-8-10-18-38(36)44-32-25-21-30(22-26-32)40(42)34-14-6-4-12-28(34)2/h3-26H,1-2H3. The van der Waals surface area contributed by atoms with Crippen molar-refractivity contribution in [1.82, 2.24) is 0 Å². The molecule has 0 atom stereocenters. The summed E-state index contributed by atoms with van der Waals surface area (Å²) in [5.74, 6) is 2.50. The van der Waals surface area contributed by atoms with E-state index in [-0.39, 0.29) is 11.6 Å². The SMILES string of the molecule is Cc1ccccc1C(=O)c1ccc(Oc2ccccc2-c2ccccc2Oc2ccc(C(=O)c3ccccc3C)cc2)cc1. The summed E-state index contributed by atoms with van der Waals surface area (Å²) in [6.45, 7) is 3.87. The highest BCUT2D eigenvalue weighted by molar-refractivity contribution is 6.10. The molecule has 0 spiro atoms. The Labute approximate surface area is 257 Å². The summed E-state index contributed by atoms with van der Waals surface area (Å²) >= 11 is 0. The van der Waals surface area contributed by atoms with Gasteiger partial charge < -0.3 is 9.47 Å². The summed E-state index contributed by atoms with van der Waals surface area (Å²) in [7, 11) is 0. The van der Waals surface area contributed by atoms with Crippen molar-refractivity contribution in [3.05, 3.63) is 179 Å². The van der Waals surface area contributed by atoms with E-state index in [0.717, 1.165) is 22.3 Å². The van der Waals surface area contributed by atoms with Crippen LogP contribution in [0.4, 0.5) is 0 Å². The van der Waals surface area contributed by atoms with Crippen LogP contribution in [-0.2, 0) is 0 Å². The summed E-state index contributed by atoms with van der Waals surface area (Å²) in [6, 6.07) is 45.1. The zero-order valence-electron chi connectivity index (χ0n) is 24.5. The lowest BCUT2D eigenvalue weighted by atomic mass is 9.99. The molecule has 0 bridgehead atoms. The molecule has 0 saturated carbocycles. The van der Waals surface area contributed by atoms with Crippen LogP contribution in [0.25, 0.3) is 11.1 Å². The maximum absolute atomic E-state index is 13.0. The molecule has 0 saturated heterocycles. The number of ketones is 2. The van der Waals surface area contributed by atoms with Crippen molar-refractivity contribution in [2.24, 2.45) is 0 Å². The van der Waals surface area contributed by atoms with E-state index in [1.807, 2.05) is 135 Å². The number of aryl methyl sites for hydroxylation is 2. The lowest BCUT2D eigenvalue weighted by Gasteiger charge is -2.15. The van der Waals surface area contributed by atoms with Crippen LogP contribution >= 0.6 is 0 Å². The highest BCUT2D eigenvalue weighted by Gasteiger charge is 2.16. The summed E-state index contributed by atoms with van der Waals surface area (Å²) < 4.78 is 12.6. The van der Waals surface area contributed by atoms with E-state index < -0.39 is 0 Å². The smallest absolute Gasteiger partial charge is 0.193 e. The molecule has 6 rings (SSSR count). The summed E-state index contributed by atoms with van der Waals surface area (Å²) in [5, 5.41) is 0. The quantitative estimate of drug-likeness (QED) is 0.161. The molecular formula is C40H30O4. The van der Waals surface area contributed by atoms with Gasteiger partial charge in [0.05, 0.1) is 0 Å². The predicted molar refractivity (Wildman–Crippen MR) is 174 cm³/mol. The molecular weight excluding hydrogens is 544 g/mol. The number of rotatable bonds is 9. The van der Waals surface area contributed by atoms with Gasteiger partial charge in [-0.1, -0.05) is 84.9 Å². The van der Waals surface area contributed by atoms with E-state index in [1.54, 1.807) is 24.3 Å². The fraction of sp³-hybridized carbons (Fsp3) is 0.0500. The number of carbonyl (C=O) groups excluding carboxylic acids is 2. The van der Waals surface area contributed by atoms with E-state index in [9.17, 15) is 9.59 Å². The third kappa shape index (κ3) is 6.06. The third-order valence-corrected chi connectivity index (χ3v) is 7.53. The minimum atomic E-state index is -0.0197. The first-order valence-electron chi connectivity index (χ1n) is 14.4. The number of hydrogen-bond acceptors (Lipinski definition) is 4. The van der Waals surface area contributed by atoms with E-state index in [4.69, 9.17) is 9.47 Å². The van der Waals surface area contributed by atoms with Crippen LogP contribution in [0.15, 0.2) is 146 Å². The minimum absolute atomic E-state index is 0.0197. The van der Waals surface area contributed by atoms with Crippen LogP contribution in [0, 0.1) is 13.8 Å². The molecule has 0 unspecified atom stereocenters. The molecule has 0 aliphatic heterocycles. The molecule has 0 aliphatic rings. The number of carbonyl (C=O) groups is 2. The maximum atomic E-state index is 13.0. The van der Waals surface area contributed by atoms with Crippen molar-refractivity contribution in [3.8, 4) is 34.1 Å². The Kier molecular flexibility index (Phi) is 8.15. The lowest BCUT2D eigenvalue weighted by Crippen LogP contribution is -2.03. The summed E-state index contributed by atoms with van der Waals surface area (Å²) in [4.78, 5) is 26.0. The Balaban J connectivity index is 1.22. The summed E-state index contributed by atoms with van der Waals surface area (Å²) in [6.07, 6.45) is 0. The fourth-order valence-corrected chi connectivity index (χ4v) is 5.13. The first-order valence-corrected chi connectivity index (χ1v) is 14.4. The van der Waals surface area contributed by atoms with Gasteiger partial charge in [-0.15, -0.1) is 0 Å². The monoisotopic (exact) mass is 574 g/mol. The second kappa shape index (κ2) is 12.6. The van der Waals surface area contributed by atoms with E-state index >= 15 is 0 Å². The maximum Gasteiger partial charge on any atom is 0.193 e. The van der Waals surface area contributed by atoms with Crippen molar-refractivity contribution in [2.45, 2.75) is 13.8 Å². The highest BCUT2D eigenvalue weighted by atomic mass is 16.5. The molecule has 0 aliphatic carbocycles. The number of benzene rings is 6. The van der Waals surface area contributed by atoms with Gasteiger partial charge in [0.15, 0.2) is 11.6 Å². The normalized spacial score (nSPS) is 10.7. The number of hydrogen-bond donors (Lipinski definition) is 0. The van der Waals surface area contributed by atoms with Crippen LogP contribution in [0.3, 0.4) is 0 Å². The van der Waals surface area contributed by atoms with Crippen molar-refractivity contribution >= 4 is 11.6 Å². The van der Waals surface area contributed by atoms with Crippen molar-refractivity contribution in [3.63, 3.8) is 0 Å². The van der Waals surface area contributed by atoms with Crippen molar-refractivity contribution < 1.29 is 19.1 Å². The predicted octanol–water partition coefficient (Wildman–Crippen LogP) is 10.0. The molecule has 0 radical (unpaired) electrons. The van der Waals surface area contributed by atoms with Gasteiger partial charge in [-0.25, -0.2) is 0 Å². The Bertz CT molecular complexity index is 1810. The van der Waals surface area contributed by atoms with Crippen molar-refractivity contribution in [2.75, 3.05) is 0 Å². The molecule has 6 aromatic rings. The molecule has 0 fully saturated rings. The lowest BCUT2D eigenvalue weighted by molar-refractivity contribution is 0.103. The van der Waals surface area contributed by atoms with Crippen LogP contribution in [0.2, 0.25) is 0 Å². The summed E-state index contributed by atoms with van der Waals surface area (Å²) in [5.41, 5.74) is 6.18. The molecule has 44 heavy (non-hydrogen) atoms. The highest BCUT2D eigenvalue weighted by Crippen LogP contribution is 2.40. The van der Waals surface area contributed by atoms with E-state index in [2.05, 4.69) is 0 Å². The van der Waals surface area contributed by atoms with Crippen LogP contribution in [0.5, 0.6) is 23.0 Å². The van der Waals surface area contributed by atoms with Gasteiger partial charge in [0.1, 0.15) is 23.0 Å². The second-order valence-corrected chi connectivity index (χ2v) is 10.5. The van der Waals surface area contributed by atoms with Gasteiger partial charge in [0.25, 0.3) is 0 Å². The molecule has 0 heterocycles. The van der Waals surface area contributed by atoms with Gasteiger partial charge in [-0.05, 0) is 85.6 Å². The minimum Gasteiger partial charge on any atom is -0.457 e. The Morgan fingerprint density at radius 3 is 1.14 bits per heavy atom. The zero-order chi connectivity index (χ0) is 30.5. The van der Waals surface area contributed by atoms with Crippen molar-refractivity contribution in [1.29, 1.82) is 0 Å². The topological polar surface area (TPSA) is 52.6 Å². The van der Waals surface area contributed by atoms with E-state index in [1.165, 1.54) is 0 Å². The molecule has 4 nitrogen and oxygen atoms in total. The first-order chi connectivity index (χ1) is 21.5. The second-order valence-electron chi connectivity index (χ2n) is 10.5. The number of ether oxygens (including phenoxy) is 2. The molecule has 6 aromatic carbocycles. The van der Waals surface area contributed by atoms with Crippen LogP contribution in [0.1, 0.15) is 43.0 Å². The molecule has 0 N–H and O–H groups in total. The van der Waals surface area contributed by atoms with Gasteiger partial charge in [0.2, 0.25) is 0 Å². The Morgan fingerprint density at radius 1 is 0.409 bits per heavy atom. The number of para-hydroxylation sites is 2. The Morgan fingerprint density at radius 2 is 0.750 bits per heavy atom. The van der Waals surface area contributed by atoms with E-state index in [0.29, 0.717) is 45.3 Å². The van der Waals surface area contributed by atoms with Gasteiger partial charge in [-0.3, -0.25) is 9.59 Å². The molecule has 4 heteroatoms. The zero-order valence-corrected chi connectivity index (χ0v) is 24.5. The third-order valence-electron chi connectivity index (χ3n) is 7.53.